The zero-order valence-electron chi connectivity index (χ0n) is 10.4. The van der Waals surface area contributed by atoms with Crippen LogP contribution in [0.25, 0.3) is 0 Å². The van der Waals surface area contributed by atoms with Crippen molar-refractivity contribution in [2.45, 2.75) is 26.2 Å². The predicted molar refractivity (Wildman–Crippen MR) is 65.7 cm³/mol. The van der Waals surface area contributed by atoms with E-state index >= 15 is 0 Å². The number of unbranched alkanes of at least 4 members (excludes halogenated alkanes) is 1. The lowest BCUT2D eigenvalue weighted by molar-refractivity contribution is -0.885. The Morgan fingerprint density at radius 3 is 2.40 bits per heavy atom. The van der Waals surface area contributed by atoms with Crippen molar-refractivity contribution in [1.82, 2.24) is 0 Å². The lowest BCUT2D eigenvalue weighted by Crippen LogP contribution is -2.41. The van der Waals surface area contributed by atoms with E-state index < -0.39 is 0 Å². The quantitative estimate of drug-likeness (QED) is 0.260. The Bertz CT molecular complexity index is 241. The van der Waals surface area contributed by atoms with Crippen molar-refractivity contribution in [2.24, 2.45) is 0 Å². The van der Waals surface area contributed by atoms with Gasteiger partial charge in [0.2, 0.25) is 0 Å². The Morgan fingerprint density at radius 2 is 1.93 bits per heavy atom. The van der Waals surface area contributed by atoms with Crippen LogP contribution in [0.1, 0.15) is 26.2 Å². The molecule has 0 saturated heterocycles. The number of allylic oxidation sites excluding steroid dienone is 1. The van der Waals surface area contributed by atoms with Gasteiger partial charge in [0.05, 0.1) is 27.2 Å². The summed E-state index contributed by atoms with van der Waals surface area (Å²) in [5, 5.41) is 0. The number of carbonyl (C=O) groups excluding carboxylic acids is 1. The van der Waals surface area contributed by atoms with E-state index in [1.807, 2.05) is 0 Å². The summed E-state index contributed by atoms with van der Waals surface area (Å²) < 4.78 is 0.956. The van der Waals surface area contributed by atoms with E-state index in [4.69, 9.17) is 0 Å². The van der Waals surface area contributed by atoms with Gasteiger partial charge < -0.3 is 4.48 Å². The fraction of sp³-hybridized carbons (Fsp3) is 0.615. The number of nitrogens with zero attached hydrogens (tertiary/aromatic N) is 1. The standard InChI is InChI=1S/C13H24NO/c1-6-13(15)9-7-8-10-14(4,5)11-12(2)3/h6H,1-2,7-11H2,3-5H3/q+1. The molecule has 0 atom stereocenters. The highest BCUT2D eigenvalue weighted by molar-refractivity contribution is 5.88. The molecule has 0 aromatic heterocycles. The van der Waals surface area contributed by atoms with E-state index in [1.54, 1.807) is 0 Å². The molecule has 0 amide bonds. The summed E-state index contributed by atoms with van der Waals surface area (Å²) in [6.45, 7) is 11.6. The largest absolute Gasteiger partial charge is 0.325 e. The number of hydrogen-bond acceptors (Lipinski definition) is 1. The van der Waals surface area contributed by atoms with Crippen LogP contribution >= 0.6 is 0 Å². The fourth-order valence-electron chi connectivity index (χ4n) is 1.75. The second-order valence-corrected chi connectivity index (χ2v) is 4.90. The number of hydrogen-bond donors (Lipinski definition) is 0. The Morgan fingerprint density at radius 1 is 1.33 bits per heavy atom. The van der Waals surface area contributed by atoms with Gasteiger partial charge in [0, 0.05) is 6.42 Å². The number of likely N-dealkylation sites (N-methyl/N-ethyl adjacent to an activating group) is 1. The predicted octanol–water partition coefficient (Wildman–Crippen LogP) is 2.56. The van der Waals surface area contributed by atoms with Crippen LogP contribution in [0, 0.1) is 0 Å². The van der Waals surface area contributed by atoms with E-state index in [9.17, 15) is 4.79 Å². The van der Waals surface area contributed by atoms with Crippen LogP contribution in [0.3, 0.4) is 0 Å². The lowest BCUT2D eigenvalue weighted by Gasteiger charge is -2.29. The first-order valence-electron chi connectivity index (χ1n) is 5.49. The van der Waals surface area contributed by atoms with Gasteiger partial charge >= 0.3 is 0 Å². The first-order valence-corrected chi connectivity index (χ1v) is 5.49. The summed E-state index contributed by atoms with van der Waals surface area (Å²) >= 11 is 0. The third kappa shape index (κ3) is 8.13. The molecule has 86 valence electrons. The average Bonchev–Trinajstić information content (AvgIpc) is 2.10. The Hall–Kier alpha value is -0.890. The van der Waals surface area contributed by atoms with Gasteiger partial charge in [-0.2, -0.15) is 0 Å². The van der Waals surface area contributed by atoms with Crippen LogP contribution in [-0.4, -0.2) is 37.5 Å². The minimum atomic E-state index is 0.153. The number of carbonyl (C=O) groups is 1. The summed E-state index contributed by atoms with van der Waals surface area (Å²) in [5.41, 5.74) is 1.21. The van der Waals surface area contributed by atoms with E-state index in [-0.39, 0.29) is 5.78 Å². The molecule has 0 aliphatic rings. The van der Waals surface area contributed by atoms with E-state index in [0.717, 1.165) is 30.4 Å². The molecular weight excluding hydrogens is 186 g/mol. The summed E-state index contributed by atoms with van der Waals surface area (Å²) in [7, 11) is 4.40. The van der Waals surface area contributed by atoms with Gasteiger partial charge in [0.25, 0.3) is 0 Å². The van der Waals surface area contributed by atoms with Gasteiger partial charge in [-0.05, 0) is 31.4 Å². The molecule has 15 heavy (non-hydrogen) atoms. The maximum absolute atomic E-state index is 11.0. The summed E-state index contributed by atoms with van der Waals surface area (Å²) in [6.07, 6.45) is 4.09. The summed E-state index contributed by atoms with van der Waals surface area (Å²) in [5.74, 6) is 0.153. The molecule has 0 bridgehead atoms. The van der Waals surface area contributed by atoms with Crippen LogP contribution in [-0.2, 0) is 4.79 Å². The van der Waals surface area contributed by atoms with E-state index in [0.29, 0.717) is 6.42 Å². The number of quaternary nitrogens is 1. The molecule has 0 saturated carbocycles. The molecule has 0 N–H and O–H groups in total. The van der Waals surface area contributed by atoms with Crippen LogP contribution in [0.4, 0.5) is 0 Å². The van der Waals surface area contributed by atoms with Crippen molar-refractivity contribution in [3.05, 3.63) is 24.8 Å². The molecule has 0 aromatic carbocycles. The van der Waals surface area contributed by atoms with Crippen molar-refractivity contribution < 1.29 is 9.28 Å². The van der Waals surface area contributed by atoms with E-state index in [1.165, 1.54) is 11.6 Å². The van der Waals surface area contributed by atoms with Crippen molar-refractivity contribution >= 4 is 5.78 Å². The molecular formula is C13H24NO+. The van der Waals surface area contributed by atoms with Gasteiger partial charge in [0.1, 0.15) is 0 Å². The second-order valence-electron chi connectivity index (χ2n) is 4.90. The van der Waals surface area contributed by atoms with Crippen LogP contribution in [0.2, 0.25) is 0 Å². The molecule has 2 heteroatoms. The molecule has 0 rings (SSSR count). The minimum Gasteiger partial charge on any atom is -0.325 e. The van der Waals surface area contributed by atoms with Crippen molar-refractivity contribution in [3.63, 3.8) is 0 Å². The summed E-state index contributed by atoms with van der Waals surface area (Å²) in [4.78, 5) is 11.0. The van der Waals surface area contributed by atoms with Gasteiger partial charge in [-0.15, -0.1) is 0 Å². The third-order valence-corrected chi connectivity index (χ3v) is 2.36. The first-order chi connectivity index (χ1) is 6.87. The molecule has 0 radical (unpaired) electrons. The summed E-state index contributed by atoms with van der Waals surface area (Å²) in [6, 6.07) is 0. The molecule has 0 heterocycles. The highest BCUT2D eigenvalue weighted by Gasteiger charge is 2.14. The van der Waals surface area contributed by atoms with Crippen LogP contribution in [0.15, 0.2) is 24.8 Å². The second kappa shape index (κ2) is 6.57. The molecule has 0 aliphatic carbocycles. The van der Waals surface area contributed by atoms with Gasteiger partial charge in [-0.1, -0.05) is 13.2 Å². The molecule has 0 spiro atoms. The Kier molecular flexibility index (Phi) is 6.18. The zero-order valence-corrected chi connectivity index (χ0v) is 10.4. The molecule has 2 nitrogen and oxygen atoms in total. The third-order valence-electron chi connectivity index (χ3n) is 2.36. The average molecular weight is 210 g/mol. The Balaban J connectivity index is 3.70. The minimum absolute atomic E-state index is 0.153. The highest BCUT2D eigenvalue weighted by Crippen LogP contribution is 2.07. The fourth-order valence-corrected chi connectivity index (χ4v) is 1.75. The first kappa shape index (κ1) is 14.1. The van der Waals surface area contributed by atoms with Crippen molar-refractivity contribution in [3.8, 4) is 0 Å². The van der Waals surface area contributed by atoms with Crippen LogP contribution in [0.5, 0.6) is 0 Å². The highest BCUT2D eigenvalue weighted by atomic mass is 16.1. The Labute approximate surface area is 93.9 Å². The van der Waals surface area contributed by atoms with Gasteiger partial charge in [-0.3, -0.25) is 4.79 Å². The van der Waals surface area contributed by atoms with E-state index in [2.05, 4.69) is 34.2 Å². The van der Waals surface area contributed by atoms with Crippen LogP contribution < -0.4 is 0 Å². The SMILES string of the molecule is C=CC(=O)CCCC[N+](C)(C)CC(=C)C. The topological polar surface area (TPSA) is 17.1 Å². The molecule has 0 aliphatic heterocycles. The number of ketones is 1. The van der Waals surface area contributed by atoms with Crippen molar-refractivity contribution in [1.29, 1.82) is 0 Å². The molecule has 0 unspecified atom stereocenters. The molecule has 0 fully saturated rings. The maximum atomic E-state index is 11.0. The zero-order chi connectivity index (χ0) is 11.9. The number of rotatable bonds is 8. The van der Waals surface area contributed by atoms with Gasteiger partial charge in [-0.25, -0.2) is 0 Å². The molecule has 0 aromatic rings. The van der Waals surface area contributed by atoms with Gasteiger partial charge in [0.15, 0.2) is 5.78 Å². The lowest BCUT2D eigenvalue weighted by atomic mass is 10.1. The van der Waals surface area contributed by atoms with Crippen molar-refractivity contribution in [2.75, 3.05) is 27.2 Å². The normalized spacial score (nSPS) is 11.1. The maximum Gasteiger partial charge on any atom is 0.155 e. The monoisotopic (exact) mass is 210 g/mol. The smallest absolute Gasteiger partial charge is 0.155 e.